The van der Waals surface area contributed by atoms with E-state index in [4.69, 9.17) is 0 Å². The lowest BCUT2D eigenvalue weighted by molar-refractivity contribution is -0.114. The number of hydrogen-bond acceptors (Lipinski definition) is 3. The van der Waals surface area contributed by atoms with Crippen LogP contribution in [0.1, 0.15) is 6.92 Å². The number of H-pyrrole nitrogens is 1. The predicted molar refractivity (Wildman–Crippen MR) is 56.7 cm³/mol. The van der Waals surface area contributed by atoms with Gasteiger partial charge in [0.25, 0.3) is 0 Å². The Labute approximate surface area is 83.6 Å². The number of rotatable bonds is 1. The predicted octanol–water partition coefficient (Wildman–Crippen LogP) is 1.55. The van der Waals surface area contributed by atoms with Crippen LogP contribution in [0, 0.1) is 0 Å². The quantitative estimate of drug-likeness (QED) is 0.746. The Bertz CT molecular complexity index is 541. The molecule has 1 aromatic carbocycles. The summed E-state index contributed by atoms with van der Waals surface area (Å²) in [7, 11) is 0. The summed E-state index contributed by atoms with van der Waals surface area (Å²) in [5.41, 5.74) is 1.45. The second-order valence-electron chi connectivity index (χ2n) is 2.91. The Morgan fingerprint density at radius 1 is 1.50 bits per heavy atom. The first kappa shape index (κ1) is 8.96. The van der Waals surface area contributed by atoms with Crippen LogP contribution < -0.4 is 10.2 Å². The van der Waals surface area contributed by atoms with Crippen LogP contribution >= 0.6 is 11.3 Å². The van der Waals surface area contributed by atoms with E-state index in [1.165, 1.54) is 6.92 Å². The van der Waals surface area contributed by atoms with Gasteiger partial charge in [-0.2, -0.15) is 0 Å². The average molecular weight is 208 g/mol. The zero-order valence-corrected chi connectivity index (χ0v) is 8.27. The summed E-state index contributed by atoms with van der Waals surface area (Å²) in [4.78, 5) is 24.4. The fourth-order valence-corrected chi connectivity index (χ4v) is 1.95. The molecule has 1 amide bonds. The average Bonchev–Trinajstić information content (AvgIpc) is 2.42. The van der Waals surface area contributed by atoms with E-state index in [0.717, 1.165) is 21.6 Å². The van der Waals surface area contributed by atoms with E-state index in [9.17, 15) is 9.59 Å². The molecule has 0 saturated heterocycles. The van der Waals surface area contributed by atoms with Crippen LogP contribution in [-0.2, 0) is 4.79 Å². The maximum absolute atomic E-state index is 11.0. The van der Waals surface area contributed by atoms with Gasteiger partial charge in [0.15, 0.2) is 0 Å². The molecule has 0 saturated carbocycles. The highest BCUT2D eigenvalue weighted by atomic mass is 32.1. The van der Waals surface area contributed by atoms with Crippen molar-refractivity contribution in [2.24, 2.45) is 0 Å². The Hall–Kier alpha value is -1.62. The van der Waals surface area contributed by atoms with E-state index >= 15 is 0 Å². The van der Waals surface area contributed by atoms with Crippen LogP contribution in [0.4, 0.5) is 5.69 Å². The van der Waals surface area contributed by atoms with Gasteiger partial charge in [-0.15, -0.1) is 0 Å². The number of carbonyl (C=O) groups is 1. The lowest BCUT2D eigenvalue weighted by Gasteiger charge is -2.00. The van der Waals surface area contributed by atoms with Crippen molar-refractivity contribution in [1.82, 2.24) is 4.98 Å². The van der Waals surface area contributed by atoms with Gasteiger partial charge in [-0.3, -0.25) is 9.59 Å². The maximum Gasteiger partial charge on any atom is 0.305 e. The van der Waals surface area contributed by atoms with Crippen molar-refractivity contribution in [1.29, 1.82) is 0 Å². The van der Waals surface area contributed by atoms with Crippen molar-refractivity contribution in [3.05, 3.63) is 27.9 Å². The van der Waals surface area contributed by atoms with E-state index in [1.807, 2.05) is 6.07 Å². The molecule has 72 valence electrons. The largest absolute Gasteiger partial charge is 0.326 e. The van der Waals surface area contributed by atoms with Gasteiger partial charge in [-0.25, -0.2) is 0 Å². The first-order valence-corrected chi connectivity index (χ1v) is 4.87. The third kappa shape index (κ3) is 1.67. The highest BCUT2D eigenvalue weighted by Gasteiger charge is 2.01. The monoisotopic (exact) mass is 208 g/mol. The molecule has 4 nitrogen and oxygen atoms in total. The second-order valence-corrected chi connectivity index (χ2v) is 3.92. The molecule has 2 aromatic rings. The topological polar surface area (TPSA) is 62.0 Å². The van der Waals surface area contributed by atoms with Crippen molar-refractivity contribution in [3.8, 4) is 0 Å². The highest BCUT2D eigenvalue weighted by Crippen LogP contribution is 2.18. The van der Waals surface area contributed by atoms with Crippen LogP contribution in [0.15, 0.2) is 23.0 Å². The molecule has 1 aromatic heterocycles. The number of hydrogen-bond donors (Lipinski definition) is 2. The minimum Gasteiger partial charge on any atom is -0.326 e. The van der Waals surface area contributed by atoms with Gasteiger partial charge in [0.2, 0.25) is 5.91 Å². The van der Waals surface area contributed by atoms with Crippen LogP contribution in [0.25, 0.3) is 10.2 Å². The summed E-state index contributed by atoms with van der Waals surface area (Å²) >= 11 is 1.16. The second kappa shape index (κ2) is 3.26. The van der Waals surface area contributed by atoms with Gasteiger partial charge in [0, 0.05) is 12.6 Å². The smallest absolute Gasteiger partial charge is 0.305 e. The van der Waals surface area contributed by atoms with E-state index in [1.54, 1.807) is 12.1 Å². The number of benzene rings is 1. The summed E-state index contributed by atoms with van der Waals surface area (Å²) in [5.74, 6) is -0.123. The Balaban J connectivity index is 2.50. The molecule has 2 rings (SSSR count). The number of aromatic nitrogens is 1. The van der Waals surface area contributed by atoms with Crippen LogP contribution in [0.5, 0.6) is 0 Å². The van der Waals surface area contributed by atoms with Crippen molar-refractivity contribution < 1.29 is 4.79 Å². The van der Waals surface area contributed by atoms with Gasteiger partial charge in [0.1, 0.15) is 0 Å². The minimum atomic E-state index is -0.123. The molecule has 5 heteroatoms. The minimum absolute atomic E-state index is 0.0834. The van der Waals surface area contributed by atoms with Gasteiger partial charge >= 0.3 is 4.87 Å². The van der Waals surface area contributed by atoms with Crippen LogP contribution in [0.2, 0.25) is 0 Å². The van der Waals surface area contributed by atoms with E-state index in [-0.39, 0.29) is 10.8 Å². The van der Waals surface area contributed by atoms with Gasteiger partial charge < -0.3 is 10.3 Å². The van der Waals surface area contributed by atoms with Crippen LogP contribution in [0.3, 0.4) is 0 Å². The molecule has 0 unspecified atom stereocenters. The molecule has 2 N–H and O–H groups in total. The summed E-state index contributed by atoms with van der Waals surface area (Å²) in [5, 5.41) is 2.65. The van der Waals surface area contributed by atoms with Crippen molar-refractivity contribution in [2.45, 2.75) is 6.92 Å². The number of nitrogens with one attached hydrogen (secondary N) is 2. The number of aromatic amines is 1. The van der Waals surface area contributed by atoms with Crippen molar-refractivity contribution in [3.63, 3.8) is 0 Å². The molecule has 0 aliphatic rings. The number of anilines is 1. The first-order valence-electron chi connectivity index (χ1n) is 4.05. The molecule has 0 aliphatic heterocycles. The first-order chi connectivity index (χ1) is 6.65. The Morgan fingerprint density at radius 3 is 3.00 bits per heavy atom. The number of fused-ring (bicyclic) bond motifs is 1. The van der Waals surface area contributed by atoms with E-state index in [2.05, 4.69) is 10.3 Å². The van der Waals surface area contributed by atoms with Crippen molar-refractivity contribution in [2.75, 3.05) is 5.32 Å². The molecule has 14 heavy (non-hydrogen) atoms. The van der Waals surface area contributed by atoms with Gasteiger partial charge in [-0.05, 0) is 18.2 Å². The fourth-order valence-electron chi connectivity index (χ4n) is 1.23. The summed E-state index contributed by atoms with van der Waals surface area (Å²) < 4.78 is 0.893. The zero-order chi connectivity index (χ0) is 10.1. The van der Waals surface area contributed by atoms with E-state index < -0.39 is 0 Å². The SMILES string of the molecule is CC(=O)Nc1ccc2sc(=O)[nH]c2c1. The third-order valence-corrected chi connectivity index (χ3v) is 2.60. The molecule has 0 radical (unpaired) electrons. The standard InChI is InChI=1S/C9H8N2O2S/c1-5(12)10-6-2-3-8-7(4-6)11-9(13)14-8/h2-4H,1H3,(H,10,12)(H,11,13). The maximum atomic E-state index is 11.0. The summed E-state index contributed by atoms with van der Waals surface area (Å²) in [6.45, 7) is 1.44. The molecule has 0 spiro atoms. The Morgan fingerprint density at radius 2 is 2.29 bits per heavy atom. The number of amides is 1. The number of carbonyl (C=O) groups excluding carboxylic acids is 1. The zero-order valence-electron chi connectivity index (χ0n) is 7.46. The van der Waals surface area contributed by atoms with Crippen molar-refractivity contribution >= 4 is 33.1 Å². The molecule has 0 atom stereocenters. The third-order valence-electron chi connectivity index (χ3n) is 1.74. The van der Waals surface area contributed by atoms with Gasteiger partial charge in [-0.1, -0.05) is 11.3 Å². The molecular weight excluding hydrogens is 200 g/mol. The molecule has 1 heterocycles. The molecule has 0 fully saturated rings. The molecule has 0 bridgehead atoms. The van der Waals surface area contributed by atoms with Gasteiger partial charge in [0.05, 0.1) is 10.2 Å². The highest BCUT2D eigenvalue weighted by molar-refractivity contribution is 7.16. The van der Waals surface area contributed by atoms with Crippen LogP contribution in [-0.4, -0.2) is 10.9 Å². The Kier molecular flexibility index (Phi) is 2.09. The lowest BCUT2D eigenvalue weighted by atomic mass is 10.3. The normalized spacial score (nSPS) is 10.4. The van der Waals surface area contributed by atoms with E-state index in [0.29, 0.717) is 5.69 Å². The number of thiazole rings is 1. The molecular formula is C9H8N2O2S. The summed E-state index contributed by atoms with van der Waals surface area (Å²) in [6.07, 6.45) is 0. The summed E-state index contributed by atoms with van der Waals surface area (Å²) in [6, 6.07) is 5.32. The lowest BCUT2D eigenvalue weighted by Crippen LogP contribution is -2.05. The fraction of sp³-hybridized carbons (Fsp3) is 0.111. The molecule has 0 aliphatic carbocycles.